The quantitative estimate of drug-likeness (QED) is 0.638. The fraction of sp³-hybridized carbons (Fsp3) is 0.708. The molecule has 8 nitrogen and oxygen atoms in total. The largest absolute Gasteiger partial charge is 0.435 e. The molecule has 7 rings (SSSR count). The number of aromatic nitrogens is 5. The number of hydrogen-bond acceptors (Lipinski definition) is 5. The van der Waals surface area contributed by atoms with Gasteiger partial charge in [-0.3, -0.25) is 5.10 Å². The minimum absolute atomic E-state index is 0.0989. The molecule has 12 heteroatoms. The molecule has 192 valence electrons. The second-order valence-corrected chi connectivity index (χ2v) is 12.0. The van der Waals surface area contributed by atoms with Gasteiger partial charge in [0.15, 0.2) is 17.2 Å². The smallest absolute Gasteiger partial charge is 0.323 e. The number of nitrogens with zero attached hydrogens (tertiary/aromatic N) is 6. The lowest BCUT2D eigenvalue weighted by atomic mass is 9.56. The van der Waals surface area contributed by atoms with Crippen LogP contribution in [0.4, 0.5) is 22.4 Å². The first-order valence-corrected chi connectivity index (χ1v) is 12.6. The third kappa shape index (κ3) is 3.58. The van der Waals surface area contributed by atoms with E-state index in [2.05, 4.69) is 25.4 Å². The number of aromatic amines is 1. The van der Waals surface area contributed by atoms with E-state index in [9.17, 15) is 22.4 Å². The topological polar surface area (TPSA) is 90.9 Å². The highest BCUT2D eigenvalue weighted by atomic mass is 19.4. The molecule has 3 saturated carbocycles. The van der Waals surface area contributed by atoms with Gasteiger partial charge in [-0.2, -0.15) is 23.4 Å². The first-order valence-electron chi connectivity index (χ1n) is 12.6. The predicted molar refractivity (Wildman–Crippen MR) is 117 cm³/mol. The van der Waals surface area contributed by atoms with Gasteiger partial charge in [0.05, 0.1) is 5.69 Å². The molecule has 2 aromatic heterocycles. The van der Waals surface area contributed by atoms with Gasteiger partial charge in [-0.1, -0.05) is 0 Å². The average Bonchev–Trinajstić information content (AvgIpc) is 3.27. The summed E-state index contributed by atoms with van der Waals surface area (Å²) in [6.45, 7) is 3.02. The Morgan fingerprint density at radius 2 is 1.64 bits per heavy atom. The van der Waals surface area contributed by atoms with Crippen molar-refractivity contribution in [2.75, 3.05) is 26.2 Å². The van der Waals surface area contributed by atoms with Crippen LogP contribution in [0.5, 0.6) is 0 Å². The van der Waals surface area contributed by atoms with E-state index in [1.165, 1.54) is 6.07 Å². The molecule has 1 N–H and O–H groups in total. The summed E-state index contributed by atoms with van der Waals surface area (Å²) in [6.07, 6.45) is 0.975. The molecule has 0 unspecified atom stereocenters. The summed E-state index contributed by atoms with van der Waals surface area (Å²) in [4.78, 5) is 21.1. The molecule has 5 fully saturated rings. The Kier molecular flexibility index (Phi) is 4.46. The Balaban J connectivity index is 0.840. The van der Waals surface area contributed by atoms with Gasteiger partial charge in [0, 0.05) is 42.9 Å². The molecule has 2 saturated heterocycles. The molecule has 0 bridgehead atoms. The number of urea groups is 1. The van der Waals surface area contributed by atoms with Crippen molar-refractivity contribution in [1.82, 2.24) is 35.2 Å². The molecule has 0 atom stereocenters. The van der Waals surface area contributed by atoms with Crippen LogP contribution in [0.25, 0.3) is 0 Å². The summed E-state index contributed by atoms with van der Waals surface area (Å²) >= 11 is 0. The number of nitrogens with one attached hydrogen (secondary N) is 1. The number of halogens is 4. The van der Waals surface area contributed by atoms with E-state index in [4.69, 9.17) is 0 Å². The molecular formula is C24H27F4N7O. The second-order valence-electron chi connectivity index (χ2n) is 12.0. The SMILES string of the molecule is O=C(N1CC2(CC(Cc3ccc(C(F)(F)F)nn3)C2)C1)N1CC2(CC(c3nc(C4(F)CC4)n[nH]3)C2)C1. The number of likely N-dealkylation sites (tertiary alicyclic amines) is 2. The third-order valence-corrected chi connectivity index (χ3v) is 8.94. The Morgan fingerprint density at radius 3 is 2.19 bits per heavy atom. The Morgan fingerprint density at radius 1 is 1.00 bits per heavy atom. The Bertz CT molecular complexity index is 1180. The maximum Gasteiger partial charge on any atom is 0.435 e. The van der Waals surface area contributed by atoms with Crippen molar-refractivity contribution in [2.24, 2.45) is 16.7 Å². The fourth-order valence-corrected chi connectivity index (χ4v) is 6.91. The molecule has 2 spiro atoms. The minimum atomic E-state index is -4.47. The molecule has 4 heterocycles. The maximum atomic E-state index is 14.1. The van der Waals surface area contributed by atoms with Crippen molar-refractivity contribution in [3.63, 3.8) is 0 Å². The molecule has 0 aromatic carbocycles. The number of carbonyl (C=O) groups is 1. The van der Waals surface area contributed by atoms with Crippen LogP contribution in [-0.4, -0.2) is 67.4 Å². The van der Waals surface area contributed by atoms with Gasteiger partial charge in [-0.15, -0.1) is 5.10 Å². The zero-order valence-corrected chi connectivity index (χ0v) is 19.7. The molecule has 3 aliphatic carbocycles. The minimum Gasteiger partial charge on any atom is -0.323 e. The fourth-order valence-electron chi connectivity index (χ4n) is 6.91. The monoisotopic (exact) mass is 505 g/mol. The van der Waals surface area contributed by atoms with E-state index >= 15 is 0 Å². The molecule has 0 radical (unpaired) electrons. The highest BCUT2D eigenvalue weighted by Crippen LogP contribution is 2.57. The summed E-state index contributed by atoms with van der Waals surface area (Å²) in [6, 6.07) is 2.50. The average molecular weight is 506 g/mol. The highest BCUT2D eigenvalue weighted by Gasteiger charge is 2.59. The first kappa shape index (κ1) is 22.4. The van der Waals surface area contributed by atoms with Gasteiger partial charge in [-0.05, 0) is 63.0 Å². The van der Waals surface area contributed by atoms with Crippen LogP contribution in [0, 0.1) is 16.7 Å². The lowest BCUT2D eigenvalue weighted by molar-refractivity contribution is -0.141. The Labute approximate surface area is 204 Å². The van der Waals surface area contributed by atoms with Crippen molar-refractivity contribution >= 4 is 6.03 Å². The summed E-state index contributed by atoms with van der Waals surface area (Å²) in [5.41, 5.74) is -1.39. The summed E-state index contributed by atoms with van der Waals surface area (Å²) < 4.78 is 52.1. The van der Waals surface area contributed by atoms with Crippen molar-refractivity contribution < 1.29 is 22.4 Å². The van der Waals surface area contributed by atoms with Gasteiger partial charge in [0.2, 0.25) is 0 Å². The molecule has 2 amide bonds. The number of carbonyl (C=O) groups excluding carboxylic acids is 1. The van der Waals surface area contributed by atoms with Crippen LogP contribution in [-0.2, 0) is 18.3 Å². The van der Waals surface area contributed by atoms with Crippen LogP contribution < -0.4 is 0 Å². The zero-order valence-electron chi connectivity index (χ0n) is 19.7. The van der Waals surface area contributed by atoms with Gasteiger partial charge in [0.1, 0.15) is 5.82 Å². The third-order valence-electron chi connectivity index (χ3n) is 8.94. The van der Waals surface area contributed by atoms with E-state index in [0.717, 1.165) is 63.8 Å². The number of alkyl halides is 4. The maximum absolute atomic E-state index is 14.1. The van der Waals surface area contributed by atoms with Crippen molar-refractivity contribution in [2.45, 2.75) is 62.7 Å². The standard InChI is InChI=1S/C24H27F4N7O/c25-23(3-4-23)19-29-18(32-33-19)15-8-22(9-15)12-35(13-22)20(36)34-10-21(11-34)6-14(7-21)5-16-1-2-17(31-30-16)24(26,27)28/h1-2,14-15H,3-13H2,(H,29,32,33). The number of amides is 2. The van der Waals surface area contributed by atoms with Crippen LogP contribution in [0.15, 0.2) is 12.1 Å². The number of H-pyrrole nitrogens is 1. The van der Waals surface area contributed by atoms with Crippen LogP contribution in [0.3, 0.4) is 0 Å². The van der Waals surface area contributed by atoms with Crippen LogP contribution in [0.1, 0.15) is 67.5 Å². The summed E-state index contributed by atoms with van der Waals surface area (Å²) in [7, 11) is 0. The zero-order chi connectivity index (χ0) is 24.9. The van der Waals surface area contributed by atoms with E-state index < -0.39 is 17.5 Å². The second kappa shape index (κ2) is 7.16. The molecule has 5 aliphatic rings. The van der Waals surface area contributed by atoms with Crippen molar-refractivity contribution in [3.8, 4) is 0 Å². The van der Waals surface area contributed by atoms with E-state index in [1.54, 1.807) is 0 Å². The normalized spacial score (nSPS) is 25.8. The van der Waals surface area contributed by atoms with E-state index in [1.807, 2.05) is 9.80 Å². The predicted octanol–water partition coefficient (Wildman–Crippen LogP) is 3.83. The highest BCUT2D eigenvalue weighted by molar-refractivity contribution is 5.77. The Hall–Kier alpha value is -2.79. The van der Waals surface area contributed by atoms with Crippen molar-refractivity contribution in [3.05, 3.63) is 35.2 Å². The molecule has 2 aromatic rings. The van der Waals surface area contributed by atoms with Gasteiger partial charge in [-0.25, -0.2) is 14.2 Å². The molecular weight excluding hydrogens is 478 g/mol. The van der Waals surface area contributed by atoms with Crippen LogP contribution >= 0.6 is 0 Å². The molecule has 36 heavy (non-hydrogen) atoms. The summed E-state index contributed by atoms with van der Waals surface area (Å²) in [5, 5.41) is 14.0. The van der Waals surface area contributed by atoms with Gasteiger partial charge in [0.25, 0.3) is 0 Å². The van der Waals surface area contributed by atoms with Gasteiger partial charge < -0.3 is 9.80 Å². The van der Waals surface area contributed by atoms with Gasteiger partial charge >= 0.3 is 12.2 Å². The summed E-state index contributed by atoms with van der Waals surface area (Å²) in [5.74, 6) is 1.70. The number of rotatable bonds is 4. The van der Waals surface area contributed by atoms with E-state index in [0.29, 0.717) is 36.7 Å². The molecule has 2 aliphatic heterocycles. The van der Waals surface area contributed by atoms with Crippen molar-refractivity contribution in [1.29, 1.82) is 0 Å². The first-order chi connectivity index (χ1) is 17.0. The van der Waals surface area contributed by atoms with E-state index in [-0.39, 0.29) is 22.8 Å². The lowest BCUT2D eigenvalue weighted by Gasteiger charge is -2.63. The lowest BCUT2D eigenvalue weighted by Crippen LogP contribution is -2.71. The van der Waals surface area contributed by atoms with Crippen LogP contribution in [0.2, 0.25) is 0 Å². The number of hydrogen-bond donors (Lipinski definition) is 1.